The lowest BCUT2D eigenvalue weighted by Gasteiger charge is -2.07. The molecule has 0 heterocycles. The summed E-state index contributed by atoms with van der Waals surface area (Å²) in [5.74, 6) is -2.46. The van der Waals surface area contributed by atoms with Crippen LogP contribution in [0.1, 0.15) is 10.4 Å². The van der Waals surface area contributed by atoms with E-state index in [9.17, 15) is 13.6 Å². The molecule has 0 aliphatic carbocycles. The van der Waals surface area contributed by atoms with Gasteiger partial charge < -0.3 is 11.1 Å². The van der Waals surface area contributed by atoms with Gasteiger partial charge in [0.25, 0.3) is 5.91 Å². The van der Waals surface area contributed by atoms with Gasteiger partial charge in [-0.25, -0.2) is 8.78 Å². The highest BCUT2D eigenvalue weighted by Gasteiger charge is 2.10. The van der Waals surface area contributed by atoms with Gasteiger partial charge in [-0.2, -0.15) is 0 Å². The van der Waals surface area contributed by atoms with E-state index in [4.69, 9.17) is 5.73 Å². The molecule has 0 unspecified atom stereocenters. The highest BCUT2D eigenvalue weighted by molar-refractivity contribution is 6.07. The topological polar surface area (TPSA) is 55.1 Å². The molecule has 3 nitrogen and oxygen atoms in total. The maximum Gasteiger partial charge on any atom is 0.257 e. The molecule has 0 radical (unpaired) electrons. The second-order valence-corrected chi connectivity index (χ2v) is 3.67. The average molecular weight is 285 g/mol. The first-order chi connectivity index (χ1) is 8.58. The van der Waals surface area contributed by atoms with E-state index in [0.717, 1.165) is 12.1 Å². The Balaban J connectivity index is 0.00000180. The second-order valence-electron chi connectivity index (χ2n) is 3.67. The number of para-hydroxylation sites is 1. The number of carbonyl (C=O) groups excluding carboxylic acids is 1. The molecule has 0 saturated carbocycles. The van der Waals surface area contributed by atoms with Crippen molar-refractivity contribution in [2.24, 2.45) is 0 Å². The van der Waals surface area contributed by atoms with Gasteiger partial charge in [-0.05, 0) is 24.3 Å². The van der Waals surface area contributed by atoms with Crippen molar-refractivity contribution in [3.05, 3.63) is 59.7 Å². The predicted octanol–water partition coefficient (Wildman–Crippen LogP) is 3.22. The fourth-order valence-electron chi connectivity index (χ4n) is 1.48. The van der Waals surface area contributed by atoms with Gasteiger partial charge in [-0.15, -0.1) is 12.4 Å². The number of hydrogen-bond donors (Lipinski definition) is 2. The number of nitrogens with two attached hydrogens (primary N) is 1. The van der Waals surface area contributed by atoms with Crippen molar-refractivity contribution in [3.8, 4) is 0 Å². The molecule has 2 rings (SSSR count). The van der Waals surface area contributed by atoms with Crippen LogP contribution in [-0.2, 0) is 0 Å². The van der Waals surface area contributed by atoms with Gasteiger partial charge in [0.15, 0.2) is 11.6 Å². The Morgan fingerprint density at radius 3 is 2.37 bits per heavy atom. The highest BCUT2D eigenvalue weighted by Crippen LogP contribution is 2.16. The van der Waals surface area contributed by atoms with Crippen LogP contribution in [0.4, 0.5) is 20.2 Å². The number of carbonyl (C=O) groups is 1. The van der Waals surface area contributed by atoms with Gasteiger partial charge >= 0.3 is 0 Å². The Hall–Kier alpha value is -2.14. The van der Waals surface area contributed by atoms with Crippen LogP contribution in [0.5, 0.6) is 0 Å². The van der Waals surface area contributed by atoms with Gasteiger partial charge in [0, 0.05) is 17.4 Å². The second kappa shape index (κ2) is 6.15. The standard InChI is InChI=1S/C13H10F2N2O.ClH/c14-10-6-5-8(7-11(10)15)17-13(18)9-3-1-2-4-12(9)16;/h1-7H,16H2,(H,17,18);1H. The monoisotopic (exact) mass is 284 g/mol. The molecule has 0 spiro atoms. The van der Waals surface area contributed by atoms with Crippen molar-refractivity contribution >= 4 is 29.7 Å². The van der Waals surface area contributed by atoms with Crippen molar-refractivity contribution in [1.29, 1.82) is 0 Å². The smallest absolute Gasteiger partial charge is 0.257 e. The Morgan fingerprint density at radius 2 is 1.74 bits per heavy atom. The number of halogens is 3. The van der Waals surface area contributed by atoms with Crippen molar-refractivity contribution in [1.82, 2.24) is 0 Å². The van der Waals surface area contributed by atoms with Crippen LogP contribution in [-0.4, -0.2) is 5.91 Å². The lowest BCUT2D eigenvalue weighted by molar-refractivity contribution is 0.102. The number of anilines is 2. The van der Waals surface area contributed by atoms with Crippen LogP contribution < -0.4 is 11.1 Å². The molecule has 0 aromatic heterocycles. The van der Waals surface area contributed by atoms with Gasteiger partial charge in [-0.1, -0.05) is 12.1 Å². The zero-order valence-corrected chi connectivity index (χ0v) is 10.5. The third-order valence-electron chi connectivity index (χ3n) is 2.38. The lowest BCUT2D eigenvalue weighted by Crippen LogP contribution is -2.14. The number of amides is 1. The van der Waals surface area contributed by atoms with Gasteiger partial charge in [0.05, 0.1) is 5.56 Å². The third-order valence-corrected chi connectivity index (χ3v) is 2.38. The van der Waals surface area contributed by atoms with E-state index in [2.05, 4.69) is 5.32 Å². The number of rotatable bonds is 2. The average Bonchev–Trinajstić information content (AvgIpc) is 2.34. The van der Waals surface area contributed by atoms with Crippen LogP contribution in [0.3, 0.4) is 0 Å². The number of nitrogens with one attached hydrogen (secondary N) is 1. The Kier molecular flexibility index (Phi) is 4.83. The number of benzene rings is 2. The molecule has 0 fully saturated rings. The highest BCUT2D eigenvalue weighted by atomic mass is 35.5. The summed E-state index contributed by atoms with van der Waals surface area (Å²) in [6.45, 7) is 0. The van der Waals surface area contributed by atoms with Crippen molar-refractivity contribution in [2.75, 3.05) is 11.1 Å². The van der Waals surface area contributed by atoms with E-state index in [1.165, 1.54) is 6.07 Å². The van der Waals surface area contributed by atoms with Crippen LogP contribution in [0.25, 0.3) is 0 Å². The van der Waals surface area contributed by atoms with Gasteiger partial charge in [0.1, 0.15) is 0 Å². The molecular formula is C13H11ClF2N2O. The molecular weight excluding hydrogens is 274 g/mol. The van der Waals surface area contributed by atoms with Gasteiger partial charge in [-0.3, -0.25) is 4.79 Å². The van der Waals surface area contributed by atoms with E-state index in [0.29, 0.717) is 5.69 Å². The summed E-state index contributed by atoms with van der Waals surface area (Å²) in [7, 11) is 0. The molecule has 0 saturated heterocycles. The molecule has 2 aromatic rings. The number of nitrogen functional groups attached to an aromatic ring is 1. The first-order valence-electron chi connectivity index (χ1n) is 5.19. The van der Waals surface area contributed by atoms with Gasteiger partial charge in [0.2, 0.25) is 0 Å². The molecule has 0 atom stereocenters. The first kappa shape index (κ1) is 14.9. The molecule has 19 heavy (non-hydrogen) atoms. The van der Waals surface area contributed by atoms with Crippen LogP contribution in [0.15, 0.2) is 42.5 Å². The van der Waals surface area contributed by atoms with E-state index in [-0.39, 0.29) is 23.7 Å². The zero-order valence-electron chi connectivity index (χ0n) is 9.69. The minimum atomic E-state index is -1.02. The quantitative estimate of drug-likeness (QED) is 0.832. The summed E-state index contributed by atoms with van der Waals surface area (Å²) in [5.41, 5.74) is 6.40. The van der Waals surface area contributed by atoms with Crippen molar-refractivity contribution in [3.63, 3.8) is 0 Å². The molecule has 0 aliphatic rings. The van der Waals surface area contributed by atoms with E-state index < -0.39 is 17.5 Å². The lowest BCUT2D eigenvalue weighted by atomic mass is 10.1. The molecule has 3 N–H and O–H groups in total. The molecule has 100 valence electrons. The molecule has 0 bridgehead atoms. The number of hydrogen-bond acceptors (Lipinski definition) is 2. The normalized spacial score (nSPS) is 9.58. The molecule has 1 amide bonds. The maximum absolute atomic E-state index is 13.0. The third kappa shape index (κ3) is 3.42. The van der Waals surface area contributed by atoms with Crippen LogP contribution in [0, 0.1) is 11.6 Å². The van der Waals surface area contributed by atoms with E-state index in [1.807, 2.05) is 0 Å². The SMILES string of the molecule is Cl.Nc1ccccc1C(=O)Nc1ccc(F)c(F)c1. The van der Waals surface area contributed by atoms with Crippen LogP contribution in [0.2, 0.25) is 0 Å². The molecule has 2 aromatic carbocycles. The fraction of sp³-hybridized carbons (Fsp3) is 0. The van der Waals surface area contributed by atoms with Crippen LogP contribution >= 0.6 is 12.4 Å². The largest absolute Gasteiger partial charge is 0.398 e. The summed E-state index contributed by atoms with van der Waals surface area (Å²) >= 11 is 0. The molecule has 6 heteroatoms. The van der Waals surface area contributed by atoms with Crippen molar-refractivity contribution < 1.29 is 13.6 Å². The molecule has 0 aliphatic heterocycles. The minimum absolute atomic E-state index is 0. The summed E-state index contributed by atoms with van der Waals surface area (Å²) in [4.78, 5) is 11.8. The summed E-state index contributed by atoms with van der Waals surface area (Å²) in [6, 6.07) is 9.62. The maximum atomic E-state index is 13.0. The summed E-state index contributed by atoms with van der Waals surface area (Å²) in [5, 5.41) is 2.44. The zero-order chi connectivity index (χ0) is 13.1. The van der Waals surface area contributed by atoms with Crippen molar-refractivity contribution in [2.45, 2.75) is 0 Å². The van der Waals surface area contributed by atoms with E-state index >= 15 is 0 Å². The Bertz CT molecular complexity index is 605. The fourth-order valence-corrected chi connectivity index (χ4v) is 1.48. The van der Waals surface area contributed by atoms with E-state index in [1.54, 1.807) is 24.3 Å². The Morgan fingerprint density at radius 1 is 1.05 bits per heavy atom. The summed E-state index contributed by atoms with van der Waals surface area (Å²) in [6.07, 6.45) is 0. The summed E-state index contributed by atoms with van der Waals surface area (Å²) < 4.78 is 25.7. The minimum Gasteiger partial charge on any atom is -0.398 e. The first-order valence-corrected chi connectivity index (χ1v) is 5.19. The Labute approximate surface area is 114 Å². The predicted molar refractivity (Wildman–Crippen MR) is 72.4 cm³/mol.